The first-order valence-electron chi connectivity index (χ1n) is 6.11. The molecule has 2 heterocycles. The first-order chi connectivity index (χ1) is 9.72. The average Bonchev–Trinajstić information content (AvgIpc) is 2.46. The van der Waals surface area contributed by atoms with Gasteiger partial charge in [-0.15, -0.1) is 0 Å². The van der Waals surface area contributed by atoms with Crippen LogP contribution in [0.3, 0.4) is 0 Å². The summed E-state index contributed by atoms with van der Waals surface area (Å²) < 4.78 is 5.36. The number of ether oxygens (including phenoxy) is 1. The standard InChI is InChI=1S/C14H12ClN3O2/c15-10-4-12-13(20-8-14(19)18-12)5-11(10)17-7-9-2-1-3-16-6-9/h1-6,17H,7-8H2,(H,18,19). The smallest absolute Gasteiger partial charge is 0.262 e. The molecule has 0 saturated heterocycles. The second-order valence-electron chi connectivity index (χ2n) is 4.38. The van der Waals surface area contributed by atoms with Gasteiger partial charge in [0.15, 0.2) is 6.61 Å². The molecule has 1 aromatic carbocycles. The fraction of sp³-hybridized carbons (Fsp3) is 0.143. The second kappa shape index (κ2) is 5.38. The molecular weight excluding hydrogens is 278 g/mol. The number of amides is 1. The summed E-state index contributed by atoms with van der Waals surface area (Å²) in [5, 5.41) is 6.47. The number of carbonyl (C=O) groups is 1. The molecule has 1 aliphatic rings. The molecule has 0 aliphatic carbocycles. The second-order valence-corrected chi connectivity index (χ2v) is 4.79. The summed E-state index contributed by atoms with van der Waals surface area (Å²) in [4.78, 5) is 15.3. The molecule has 0 unspecified atom stereocenters. The molecule has 0 spiro atoms. The van der Waals surface area contributed by atoms with Crippen molar-refractivity contribution >= 4 is 28.9 Å². The Hall–Kier alpha value is -2.27. The number of hydrogen-bond donors (Lipinski definition) is 2. The van der Waals surface area contributed by atoms with Crippen molar-refractivity contribution in [3.05, 3.63) is 47.2 Å². The van der Waals surface area contributed by atoms with Gasteiger partial charge < -0.3 is 15.4 Å². The summed E-state index contributed by atoms with van der Waals surface area (Å²) in [5.41, 5.74) is 2.40. The fourth-order valence-corrected chi connectivity index (χ4v) is 2.17. The third-order valence-electron chi connectivity index (χ3n) is 2.91. The zero-order valence-electron chi connectivity index (χ0n) is 10.5. The molecule has 20 heavy (non-hydrogen) atoms. The molecule has 0 bridgehead atoms. The Bertz CT molecular complexity index is 646. The van der Waals surface area contributed by atoms with E-state index in [0.717, 1.165) is 11.3 Å². The van der Waals surface area contributed by atoms with Crippen LogP contribution >= 0.6 is 11.6 Å². The predicted octanol–water partition coefficient (Wildman–Crippen LogP) is 2.68. The number of fused-ring (bicyclic) bond motifs is 1. The topological polar surface area (TPSA) is 63.2 Å². The van der Waals surface area contributed by atoms with E-state index in [-0.39, 0.29) is 12.5 Å². The minimum atomic E-state index is -0.176. The first-order valence-corrected chi connectivity index (χ1v) is 6.49. The van der Waals surface area contributed by atoms with Crippen molar-refractivity contribution < 1.29 is 9.53 Å². The molecule has 1 aliphatic heterocycles. The Morgan fingerprint density at radius 1 is 1.45 bits per heavy atom. The molecule has 2 aromatic rings. The van der Waals surface area contributed by atoms with E-state index in [1.165, 1.54) is 0 Å². The van der Waals surface area contributed by atoms with Gasteiger partial charge in [0.05, 0.1) is 16.4 Å². The van der Waals surface area contributed by atoms with Crippen molar-refractivity contribution in [2.75, 3.05) is 17.2 Å². The van der Waals surface area contributed by atoms with Crippen molar-refractivity contribution in [2.24, 2.45) is 0 Å². The molecule has 2 N–H and O–H groups in total. The highest BCUT2D eigenvalue weighted by Crippen LogP contribution is 2.36. The summed E-state index contributed by atoms with van der Waals surface area (Å²) >= 11 is 6.19. The van der Waals surface area contributed by atoms with Gasteiger partial charge in [0.25, 0.3) is 5.91 Å². The maximum Gasteiger partial charge on any atom is 0.262 e. The van der Waals surface area contributed by atoms with Gasteiger partial charge in [-0.05, 0) is 17.7 Å². The van der Waals surface area contributed by atoms with E-state index < -0.39 is 0 Å². The fourth-order valence-electron chi connectivity index (χ4n) is 1.94. The van der Waals surface area contributed by atoms with E-state index in [4.69, 9.17) is 16.3 Å². The molecule has 3 rings (SSSR count). The number of nitrogens with one attached hydrogen (secondary N) is 2. The molecule has 0 saturated carbocycles. The molecule has 0 atom stereocenters. The van der Waals surface area contributed by atoms with Crippen LogP contribution < -0.4 is 15.4 Å². The number of rotatable bonds is 3. The van der Waals surface area contributed by atoms with Crippen molar-refractivity contribution in [1.82, 2.24) is 4.98 Å². The van der Waals surface area contributed by atoms with Gasteiger partial charge in [-0.2, -0.15) is 0 Å². The van der Waals surface area contributed by atoms with Crippen LogP contribution in [0.25, 0.3) is 0 Å². The quantitative estimate of drug-likeness (QED) is 0.912. The van der Waals surface area contributed by atoms with Crippen molar-refractivity contribution in [1.29, 1.82) is 0 Å². The molecule has 1 amide bonds. The highest BCUT2D eigenvalue weighted by atomic mass is 35.5. The van der Waals surface area contributed by atoms with Crippen LogP contribution in [0.4, 0.5) is 11.4 Å². The predicted molar refractivity (Wildman–Crippen MR) is 77.1 cm³/mol. The number of anilines is 2. The number of hydrogen-bond acceptors (Lipinski definition) is 4. The summed E-state index contributed by atoms with van der Waals surface area (Å²) in [6, 6.07) is 7.32. The van der Waals surface area contributed by atoms with Crippen molar-refractivity contribution in [3.63, 3.8) is 0 Å². The van der Waals surface area contributed by atoms with Gasteiger partial charge in [-0.3, -0.25) is 9.78 Å². The monoisotopic (exact) mass is 289 g/mol. The van der Waals surface area contributed by atoms with Crippen LogP contribution in [-0.2, 0) is 11.3 Å². The lowest BCUT2D eigenvalue weighted by Crippen LogP contribution is -2.25. The number of halogens is 1. The molecular formula is C14H12ClN3O2. The van der Waals surface area contributed by atoms with E-state index >= 15 is 0 Å². The summed E-state index contributed by atoms with van der Waals surface area (Å²) in [6.45, 7) is 0.634. The van der Waals surface area contributed by atoms with Crippen molar-refractivity contribution in [3.8, 4) is 5.75 Å². The number of nitrogens with zero attached hydrogens (tertiary/aromatic N) is 1. The van der Waals surface area contributed by atoms with Crippen LogP contribution in [0.1, 0.15) is 5.56 Å². The van der Waals surface area contributed by atoms with Gasteiger partial charge >= 0.3 is 0 Å². The Balaban J connectivity index is 1.79. The van der Waals surface area contributed by atoms with E-state index in [0.29, 0.717) is 23.0 Å². The van der Waals surface area contributed by atoms with Crippen LogP contribution in [0.15, 0.2) is 36.7 Å². The van der Waals surface area contributed by atoms with Gasteiger partial charge in [0.1, 0.15) is 5.75 Å². The lowest BCUT2D eigenvalue weighted by Gasteiger charge is -2.20. The molecule has 5 nitrogen and oxygen atoms in total. The van der Waals surface area contributed by atoms with Gasteiger partial charge in [-0.1, -0.05) is 17.7 Å². The maximum absolute atomic E-state index is 11.2. The Labute approximate surface area is 120 Å². The normalized spacial score (nSPS) is 13.2. The van der Waals surface area contributed by atoms with Crippen molar-refractivity contribution in [2.45, 2.75) is 6.54 Å². The zero-order valence-corrected chi connectivity index (χ0v) is 11.3. The number of aromatic nitrogens is 1. The summed E-state index contributed by atoms with van der Waals surface area (Å²) in [5.74, 6) is 0.437. The molecule has 6 heteroatoms. The van der Waals surface area contributed by atoms with Crippen LogP contribution in [-0.4, -0.2) is 17.5 Å². The largest absolute Gasteiger partial charge is 0.482 e. The number of benzene rings is 1. The lowest BCUT2D eigenvalue weighted by molar-refractivity contribution is -0.118. The summed E-state index contributed by atoms with van der Waals surface area (Å²) in [6.07, 6.45) is 3.52. The minimum Gasteiger partial charge on any atom is -0.482 e. The van der Waals surface area contributed by atoms with Gasteiger partial charge in [0, 0.05) is 25.0 Å². The third kappa shape index (κ3) is 2.67. The van der Waals surface area contributed by atoms with Crippen LogP contribution in [0, 0.1) is 0 Å². The Morgan fingerprint density at radius 3 is 3.15 bits per heavy atom. The lowest BCUT2D eigenvalue weighted by atomic mass is 10.2. The number of carbonyl (C=O) groups excluding carboxylic acids is 1. The molecule has 102 valence electrons. The van der Waals surface area contributed by atoms with Crippen LogP contribution in [0.5, 0.6) is 5.75 Å². The Kier molecular flexibility index (Phi) is 3.43. The highest BCUT2D eigenvalue weighted by Gasteiger charge is 2.18. The van der Waals surface area contributed by atoms with E-state index in [1.807, 2.05) is 12.1 Å². The highest BCUT2D eigenvalue weighted by molar-refractivity contribution is 6.33. The van der Waals surface area contributed by atoms with Gasteiger partial charge in [-0.25, -0.2) is 0 Å². The van der Waals surface area contributed by atoms with E-state index in [2.05, 4.69) is 15.6 Å². The van der Waals surface area contributed by atoms with Gasteiger partial charge in [0.2, 0.25) is 0 Å². The molecule has 0 fully saturated rings. The molecule has 1 aromatic heterocycles. The van der Waals surface area contributed by atoms with E-state index in [9.17, 15) is 4.79 Å². The summed E-state index contributed by atoms with van der Waals surface area (Å²) in [7, 11) is 0. The maximum atomic E-state index is 11.2. The van der Waals surface area contributed by atoms with E-state index in [1.54, 1.807) is 24.5 Å². The zero-order chi connectivity index (χ0) is 13.9. The van der Waals surface area contributed by atoms with Crippen LogP contribution in [0.2, 0.25) is 5.02 Å². The molecule has 0 radical (unpaired) electrons. The minimum absolute atomic E-state index is 0.0245. The first kappa shape index (κ1) is 12.7. The number of pyridine rings is 1. The SMILES string of the molecule is O=C1COc2cc(NCc3cccnc3)c(Cl)cc2N1. The Morgan fingerprint density at radius 2 is 2.35 bits per heavy atom. The average molecular weight is 290 g/mol. The third-order valence-corrected chi connectivity index (χ3v) is 3.22.